The van der Waals surface area contributed by atoms with Crippen molar-refractivity contribution in [1.29, 1.82) is 0 Å². The van der Waals surface area contributed by atoms with Gasteiger partial charge in [-0.1, -0.05) is 30.0 Å². The van der Waals surface area contributed by atoms with Crippen molar-refractivity contribution >= 4 is 23.5 Å². The van der Waals surface area contributed by atoms with Crippen LogP contribution in [0.5, 0.6) is 0 Å². The molecular formula is C14H13F2N3OS. The molecule has 21 heavy (non-hydrogen) atoms. The number of urea groups is 1. The van der Waals surface area contributed by atoms with Gasteiger partial charge >= 0.3 is 6.03 Å². The van der Waals surface area contributed by atoms with Crippen molar-refractivity contribution in [3.63, 3.8) is 0 Å². The third kappa shape index (κ3) is 5.03. The Hall–Kier alpha value is -2.15. The van der Waals surface area contributed by atoms with E-state index in [0.717, 1.165) is 0 Å². The summed E-state index contributed by atoms with van der Waals surface area (Å²) in [7, 11) is 0. The van der Waals surface area contributed by atoms with Crippen LogP contribution in [0.4, 0.5) is 19.3 Å². The van der Waals surface area contributed by atoms with Crippen LogP contribution in [0.15, 0.2) is 53.6 Å². The number of carbonyl (C=O) groups is 1. The highest BCUT2D eigenvalue weighted by molar-refractivity contribution is 7.99. The summed E-state index contributed by atoms with van der Waals surface area (Å²) in [6, 6.07) is 11.3. The van der Waals surface area contributed by atoms with E-state index in [1.54, 1.807) is 36.5 Å². The number of alkyl halides is 2. The second kappa shape index (κ2) is 7.58. The summed E-state index contributed by atoms with van der Waals surface area (Å²) in [5.41, 5.74) is 1.06. The zero-order chi connectivity index (χ0) is 15.1. The van der Waals surface area contributed by atoms with E-state index in [2.05, 4.69) is 15.6 Å². The molecule has 1 aromatic carbocycles. The molecule has 2 aromatic rings. The quantitative estimate of drug-likeness (QED) is 0.828. The van der Waals surface area contributed by atoms with Gasteiger partial charge in [-0.3, -0.25) is 4.98 Å². The predicted octanol–water partition coefficient (Wildman–Crippen LogP) is 3.72. The highest BCUT2D eigenvalue weighted by atomic mass is 32.2. The van der Waals surface area contributed by atoms with Crippen LogP contribution in [-0.2, 0) is 6.54 Å². The lowest BCUT2D eigenvalue weighted by Crippen LogP contribution is -2.28. The number of halogens is 2. The molecule has 0 atom stereocenters. The monoisotopic (exact) mass is 309 g/mol. The third-order valence-electron chi connectivity index (χ3n) is 2.51. The number of benzene rings is 1. The van der Waals surface area contributed by atoms with Gasteiger partial charge in [-0.15, -0.1) is 0 Å². The minimum Gasteiger partial charge on any atom is -0.332 e. The van der Waals surface area contributed by atoms with Crippen LogP contribution >= 0.6 is 11.8 Å². The largest absolute Gasteiger partial charge is 0.332 e. The van der Waals surface area contributed by atoms with Gasteiger partial charge in [-0.25, -0.2) is 4.79 Å². The van der Waals surface area contributed by atoms with E-state index < -0.39 is 11.8 Å². The highest BCUT2D eigenvalue weighted by Gasteiger charge is 2.11. The van der Waals surface area contributed by atoms with Gasteiger partial charge in [0.05, 0.1) is 17.9 Å². The van der Waals surface area contributed by atoms with Crippen molar-refractivity contribution in [2.75, 3.05) is 5.32 Å². The van der Waals surface area contributed by atoms with E-state index >= 15 is 0 Å². The Morgan fingerprint density at radius 2 is 1.95 bits per heavy atom. The summed E-state index contributed by atoms with van der Waals surface area (Å²) in [6.45, 7) is 0.261. The van der Waals surface area contributed by atoms with Gasteiger partial charge in [0.25, 0.3) is 5.76 Å². The molecule has 0 saturated carbocycles. The zero-order valence-corrected chi connectivity index (χ0v) is 11.7. The van der Waals surface area contributed by atoms with Crippen LogP contribution in [-0.4, -0.2) is 16.8 Å². The van der Waals surface area contributed by atoms with Gasteiger partial charge in [0, 0.05) is 11.1 Å². The summed E-state index contributed by atoms with van der Waals surface area (Å²) < 4.78 is 24.9. The molecule has 0 radical (unpaired) electrons. The second-order valence-electron chi connectivity index (χ2n) is 4.00. The summed E-state index contributed by atoms with van der Waals surface area (Å²) in [5, 5.41) is 5.17. The first-order valence-electron chi connectivity index (χ1n) is 6.14. The molecule has 0 unspecified atom stereocenters. The Morgan fingerprint density at radius 1 is 1.19 bits per heavy atom. The fourth-order valence-corrected chi connectivity index (χ4v) is 2.20. The number of hydrogen-bond acceptors (Lipinski definition) is 3. The fourth-order valence-electron chi connectivity index (χ4n) is 1.61. The Bertz CT molecular complexity index is 596. The van der Waals surface area contributed by atoms with E-state index in [9.17, 15) is 13.6 Å². The van der Waals surface area contributed by atoms with Gasteiger partial charge < -0.3 is 10.6 Å². The van der Waals surface area contributed by atoms with Crippen LogP contribution in [0.25, 0.3) is 0 Å². The SMILES string of the molecule is O=C(NCc1ccccn1)Nc1ccccc1SC(F)F. The van der Waals surface area contributed by atoms with Crippen molar-refractivity contribution < 1.29 is 13.6 Å². The summed E-state index contributed by atoms with van der Waals surface area (Å²) in [5.74, 6) is -2.54. The maximum atomic E-state index is 12.4. The number of hydrogen-bond donors (Lipinski definition) is 2. The maximum Gasteiger partial charge on any atom is 0.319 e. The first-order valence-corrected chi connectivity index (χ1v) is 7.01. The number of pyridine rings is 1. The topological polar surface area (TPSA) is 54.0 Å². The van der Waals surface area contributed by atoms with E-state index in [1.165, 1.54) is 6.07 Å². The first-order chi connectivity index (χ1) is 10.1. The second-order valence-corrected chi connectivity index (χ2v) is 5.04. The Balaban J connectivity index is 1.93. The Morgan fingerprint density at radius 3 is 2.67 bits per heavy atom. The molecular weight excluding hydrogens is 296 g/mol. The van der Waals surface area contributed by atoms with E-state index in [4.69, 9.17) is 0 Å². The van der Waals surface area contributed by atoms with E-state index in [0.29, 0.717) is 28.0 Å². The number of amides is 2. The highest BCUT2D eigenvalue weighted by Crippen LogP contribution is 2.31. The van der Waals surface area contributed by atoms with Crippen molar-refractivity contribution in [2.24, 2.45) is 0 Å². The van der Waals surface area contributed by atoms with Crippen molar-refractivity contribution in [3.05, 3.63) is 54.4 Å². The molecule has 110 valence electrons. The molecule has 0 aliphatic heterocycles. The number of nitrogens with zero attached hydrogens (tertiary/aromatic N) is 1. The fraction of sp³-hybridized carbons (Fsp3) is 0.143. The molecule has 0 aliphatic rings. The summed E-state index contributed by atoms with van der Waals surface area (Å²) >= 11 is 0.393. The van der Waals surface area contributed by atoms with E-state index in [-0.39, 0.29) is 6.54 Å². The molecule has 0 bridgehead atoms. The molecule has 2 rings (SSSR count). The normalized spacial score (nSPS) is 10.4. The molecule has 2 N–H and O–H groups in total. The smallest absolute Gasteiger partial charge is 0.319 e. The van der Waals surface area contributed by atoms with Gasteiger partial charge in [0.15, 0.2) is 0 Å². The molecule has 1 heterocycles. The Kier molecular flexibility index (Phi) is 5.51. The van der Waals surface area contributed by atoms with Gasteiger partial charge in [0.2, 0.25) is 0 Å². The molecule has 0 aliphatic carbocycles. The maximum absolute atomic E-state index is 12.4. The summed E-state index contributed by atoms with van der Waals surface area (Å²) in [6.07, 6.45) is 1.63. The zero-order valence-electron chi connectivity index (χ0n) is 10.9. The molecule has 0 saturated heterocycles. The lowest BCUT2D eigenvalue weighted by Gasteiger charge is -2.11. The predicted molar refractivity (Wildman–Crippen MR) is 78.4 cm³/mol. The van der Waals surface area contributed by atoms with Crippen LogP contribution < -0.4 is 10.6 Å². The molecule has 7 heteroatoms. The van der Waals surface area contributed by atoms with Crippen molar-refractivity contribution in [2.45, 2.75) is 17.2 Å². The molecule has 0 spiro atoms. The van der Waals surface area contributed by atoms with Crippen LogP contribution in [0.3, 0.4) is 0 Å². The minimum absolute atomic E-state index is 0.261. The van der Waals surface area contributed by atoms with Crippen molar-refractivity contribution in [3.8, 4) is 0 Å². The average molecular weight is 309 g/mol. The number of nitrogens with one attached hydrogen (secondary N) is 2. The number of thioether (sulfide) groups is 1. The van der Waals surface area contributed by atoms with Crippen LogP contribution in [0.2, 0.25) is 0 Å². The lowest BCUT2D eigenvalue weighted by atomic mass is 10.3. The third-order valence-corrected chi connectivity index (χ3v) is 3.30. The van der Waals surface area contributed by atoms with Gasteiger partial charge in [0.1, 0.15) is 0 Å². The number of para-hydroxylation sites is 1. The standard InChI is InChI=1S/C14H13F2N3OS/c15-13(16)21-12-7-2-1-6-11(12)19-14(20)18-9-10-5-3-4-8-17-10/h1-8,13H,9H2,(H2,18,19,20). The Labute approximate surface area is 125 Å². The lowest BCUT2D eigenvalue weighted by molar-refractivity contribution is 0.250. The molecule has 2 amide bonds. The van der Waals surface area contributed by atoms with Crippen molar-refractivity contribution in [1.82, 2.24) is 10.3 Å². The molecule has 1 aromatic heterocycles. The molecule has 4 nitrogen and oxygen atoms in total. The molecule has 0 fully saturated rings. The first kappa shape index (κ1) is 15.2. The number of anilines is 1. The van der Waals surface area contributed by atoms with Gasteiger partial charge in [-0.2, -0.15) is 8.78 Å². The average Bonchev–Trinajstić information content (AvgIpc) is 2.48. The summed E-state index contributed by atoms with van der Waals surface area (Å²) in [4.78, 5) is 16.2. The van der Waals surface area contributed by atoms with Crippen LogP contribution in [0, 0.1) is 0 Å². The van der Waals surface area contributed by atoms with Crippen LogP contribution in [0.1, 0.15) is 5.69 Å². The number of aromatic nitrogens is 1. The van der Waals surface area contributed by atoms with E-state index in [1.807, 2.05) is 6.07 Å². The number of carbonyl (C=O) groups excluding carboxylic acids is 1. The minimum atomic E-state index is -2.54. The number of rotatable bonds is 5. The van der Waals surface area contributed by atoms with Gasteiger partial charge in [-0.05, 0) is 24.3 Å².